The van der Waals surface area contributed by atoms with E-state index in [-0.39, 0.29) is 6.09 Å². The van der Waals surface area contributed by atoms with E-state index in [9.17, 15) is 9.70 Å². The third-order valence-electron chi connectivity index (χ3n) is 3.91. The van der Waals surface area contributed by atoms with Gasteiger partial charge in [0.1, 0.15) is 11.3 Å². The number of hydrogen-bond donors (Lipinski definition) is 1. The number of likely N-dealkylation sites (tertiary alicyclic amines) is 1. The Kier molecular flexibility index (Phi) is 6.25. The molecule has 2 heterocycles. The SMILES string of the molecule is CC(C)(C)OC(=O)N1CCC(NCCc2ncccc2N=O)CC1. The number of piperidine rings is 1. The summed E-state index contributed by atoms with van der Waals surface area (Å²) < 4.78 is 5.40. The molecule has 1 aromatic heterocycles. The molecule has 1 fully saturated rings. The third-order valence-corrected chi connectivity index (χ3v) is 3.91. The quantitative estimate of drug-likeness (QED) is 0.837. The van der Waals surface area contributed by atoms with Crippen LogP contribution in [0.25, 0.3) is 0 Å². The van der Waals surface area contributed by atoms with Crippen LogP contribution in [0.2, 0.25) is 0 Å². The van der Waals surface area contributed by atoms with Crippen molar-refractivity contribution in [3.8, 4) is 0 Å². The fourth-order valence-electron chi connectivity index (χ4n) is 2.69. The molecule has 24 heavy (non-hydrogen) atoms. The Morgan fingerprint density at radius 1 is 1.42 bits per heavy atom. The first kappa shape index (κ1) is 18.3. The molecule has 0 aromatic carbocycles. The van der Waals surface area contributed by atoms with Gasteiger partial charge in [-0.3, -0.25) is 4.98 Å². The molecule has 0 aliphatic carbocycles. The first-order valence-electron chi connectivity index (χ1n) is 8.37. The predicted molar refractivity (Wildman–Crippen MR) is 92.2 cm³/mol. The van der Waals surface area contributed by atoms with E-state index in [1.165, 1.54) is 0 Å². The number of hydrogen-bond acceptors (Lipinski definition) is 6. The number of nitrogens with zero attached hydrogens (tertiary/aromatic N) is 3. The summed E-state index contributed by atoms with van der Waals surface area (Å²) in [6.45, 7) is 7.74. The molecule has 1 aliphatic heterocycles. The normalized spacial score (nSPS) is 16.0. The molecule has 0 saturated carbocycles. The van der Waals surface area contributed by atoms with Gasteiger partial charge in [-0.15, -0.1) is 4.91 Å². The van der Waals surface area contributed by atoms with Gasteiger partial charge in [-0.1, -0.05) is 0 Å². The highest BCUT2D eigenvalue weighted by atomic mass is 16.6. The van der Waals surface area contributed by atoms with Gasteiger partial charge < -0.3 is 15.0 Å². The molecule has 1 N–H and O–H groups in total. The summed E-state index contributed by atoms with van der Waals surface area (Å²) in [7, 11) is 0. The van der Waals surface area contributed by atoms with E-state index in [2.05, 4.69) is 15.5 Å². The van der Waals surface area contributed by atoms with E-state index >= 15 is 0 Å². The van der Waals surface area contributed by atoms with E-state index in [4.69, 9.17) is 4.74 Å². The Morgan fingerprint density at radius 2 is 2.12 bits per heavy atom. The fraction of sp³-hybridized carbons (Fsp3) is 0.647. The fourth-order valence-corrected chi connectivity index (χ4v) is 2.69. The second-order valence-corrected chi connectivity index (χ2v) is 7.01. The summed E-state index contributed by atoms with van der Waals surface area (Å²) in [4.78, 5) is 28.7. The van der Waals surface area contributed by atoms with Crippen molar-refractivity contribution in [1.82, 2.24) is 15.2 Å². The Morgan fingerprint density at radius 3 is 2.75 bits per heavy atom. The Bertz CT molecular complexity index is 563. The lowest BCUT2D eigenvalue weighted by molar-refractivity contribution is 0.0198. The van der Waals surface area contributed by atoms with Crippen LogP contribution >= 0.6 is 0 Å². The Labute approximate surface area is 142 Å². The van der Waals surface area contributed by atoms with Crippen LogP contribution in [0.3, 0.4) is 0 Å². The van der Waals surface area contributed by atoms with E-state index in [1.54, 1.807) is 23.2 Å². The Hall–Kier alpha value is -2.02. The average molecular weight is 334 g/mol. The second kappa shape index (κ2) is 8.19. The molecule has 1 aromatic rings. The minimum atomic E-state index is -0.459. The van der Waals surface area contributed by atoms with E-state index in [0.717, 1.165) is 19.4 Å². The Balaban J connectivity index is 1.72. The van der Waals surface area contributed by atoms with Gasteiger partial charge in [-0.25, -0.2) is 4.79 Å². The van der Waals surface area contributed by atoms with Gasteiger partial charge in [-0.05, 0) is 50.9 Å². The van der Waals surface area contributed by atoms with Gasteiger partial charge in [0.05, 0.1) is 5.69 Å². The topological polar surface area (TPSA) is 83.9 Å². The summed E-state index contributed by atoms with van der Waals surface area (Å²) >= 11 is 0. The standard InChI is InChI=1S/C17H26N4O3/c1-17(2,3)24-16(22)21-11-7-13(8-12-21)18-10-6-14-15(20-23)5-4-9-19-14/h4-5,9,13,18H,6-8,10-12H2,1-3H3. The molecule has 0 radical (unpaired) electrons. The van der Waals surface area contributed by atoms with Gasteiger partial charge in [0, 0.05) is 38.3 Å². The van der Waals surface area contributed by atoms with Crippen molar-refractivity contribution in [3.05, 3.63) is 28.9 Å². The maximum atomic E-state index is 12.0. The molecule has 132 valence electrons. The van der Waals surface area contributed by atoms with Crippen molar-refractivity contribution in [2.45, 2.75) is 51.7 Å². The van der Waals surface area contributed by atoms with E-state index < -0.39 is 5.60 Å². The number of rotatable bonds is 5. The first-order chi connectivity index (χ1) is 11.4. The molecule has 0 bridgehead atoms. The summed E-state index contributed by atoms with van der Waals surface area (Å²) in [5.74, 6) is 0. The smallest absolute Gasteiger partial charge is 0.410 e. The summed E-state index contributed by atoms with van der Waals surface area (Å²) in [5, 5.41) is 6.46. The molecule has 1 aliphatic rings. The minimum Gasteiger partial charge on any atom is -0.444 e. The summed E-state index contributed by atoms with van der Waals surface area (Å²) in [6.07, 6.45) is 3.87. The molecule has 0 atom stereocenters. The number of ether oxygens (including phenoxy) is 1. The lowest BCUT2D eigenvalue weighted by Crippen LogP contribution is -2.46. The highest BCUT2D eigenvalue weighted by molar-refractivity contribution is 5.68. The van der Waals surface area contributed by atoms with Crippen LogP contribution in [-0.4, -0.2) is 47.3 Å². The number of amides is 1. The number of carbonyl (C=O) groups is 1. The molecule has 2 rings (SSSR count). The molecule has 1 amide bonds. The maximum absolute atomic E-state index is 12.0. The lowest BCUT2D eigenvalue weighted by atomic mass is 10.1. The summed E-state index contributed by atoms with van der Waals surface area (Å²) in [6, 6.07) is 3.74. The van der Waals surface area contributed by atoms with Crippen molar-refractivity contribution < 1.29 is 9.53 Å². The number of nitroso groups, excluding NO2 is 1. The zero-order chi connectivity index (χ0) is 17.6. The first-order valence-corrected chi connectivity index (χ1v) is 8.37. The molecule has 0 unspecified atom stereocenters. The molecule has 7 nitrogen and oxygen atoms in total. The highest BCUT2D eigenvalue weighted by Crippen LogP contribution is 2.17. The van der Waals surface area contributed by atoms with E-state index in [0.29, 0.717) is 36.9 Å². The van der Waals surface area contributed by atoms with Crippen molar-refractivity contribution in [2.24, 2.45) is 5.18 Å². The second-order valence-electron chi connectivity index (χ2n) is 7.01. The molecular weight excluding hydrogens is 308 g/mol. The van der Waals surface area contributed by atoms with Crippen LogP contribution in [-0.2, 0) is 11.2 Å². The van der Waals surface area contributed by atoms with Crippen molar-refractivity contribution in [2.75, 3.05) is 19.6 Å². The van der Waals surface area contributed by atoms with Gasteiger partial charge in [0.15, 0.2) is 0 Å². The van der Waals surface area contributed by atoms with Crippen LogP contribution in [0, 0.1) is 4.91 Å². The monoisotopic (exact) mass is 334 g/mol. The lowest BCUT2D eigenvalue weighted by Gasteiger charge is -2.33. The zero-order valence-electron chi connectivity index (χ0n) is 14.6. The number of aromatic nitrogens is 1. The van der Waals surface area contributed by atoms with Crippen LogP contribution in [0.5, 0.6) is 0 Å². The largest absolute Gasteiger partial charge is 0.444 e. The van der Waals surface area contributed by atoms with Gasteiger partial charge >= 0.3 is 6.09 Å². The molecule has 1 saturated heterocycles. The van der Waals surface area contributed by atoms with Crippen LogP contribution in [0.4, 0.5) is 10.5 Å². The van der Waals surface area contributed by atoms with Crippen LogP contribution in [0.15, 0.2) is 23.5 Å². The van der Waals surface area contributed by atoms with Gasteiger partial charge in [-0.2, -0.15) is 0 Å². The number of nitrogens with one attached hydrogen (secondary N) is 1. The third kappa shape index (κ3) is 5.56. The average Bonchev–Trinajstić information content (AvgIpc) is 2.54. The molecule has 7 heteroatoms. The number of carbonyl (C=O) groups excluding carboxylic acids is 1. The molecular formula is C17H26N4O3. The van der Waals surface area contributed by atoms with Gasteiger partial charge in [0.25, 0.3) is 0 Å². The zero-order valence-corrected chi connectivity index (χ0v) is 14.6. The van der Waals surface area contributed by atoms with Crippen molar-refractivity contribution in [3.63, 3.8) is 0 Å². The predicted octanol–water partition coefficient (Wildman–Crippen LogP) is 3.01. The molecule has 0 spiro atoms. The summed E-state index contributed by atoms with van der Waals surface area (Å²) in [5.41, 5.74) is 0.657. The van der Waals surface area contributed by atoms with Crippen molar-refractivity contribution >= 4 is 11.8 Å². The van der Waals surface area contributed by atoms with Crippen LogP contribution in [0.1, 0.15) is 39.3 Å². The highest BCUT2D eigenvalue weighted by Gasteiger charge is 2.26. The maximum Gasteiger partial charge on any atom is 0.410 e. The van der Waals surface area contributed by atoms with Crippen molar-refractivity contribution in [1.29, 1.82) is 0 Å². The van der Waals surface area contributed by atoms with Gasteiger partial charge in [0.2, 0.25) is 0 Å². The minimum absolute atomic E-state index is 0.240. The number of pyridine rings is 1. The van der Waals surface area contributed by atoms with Crippen LogP contribution < -0.4 is 5.32 Å². The van der Waals surface area contributed by atoms with E-state index in [1.807, 2.05) is 20.8 Å².